The summed E-state index contributed by atoms with van der Waals surface area (Å²) in [6, 6.07) is 5.29. The second-order valence-corrected chi connectivity index (χ2v) is 6.63. The lowest BCUT2D eigenvalue weighted by Gasteiger charge is -2.22. The lowest BCUT2D eigenvalue weighted by Crippen LogP contribution is -2.37. The van der Waals surface area contributed by atoms with Crippen LogP contribution >= 0.6 is 0 Å². The predicted molar refractivity (Wildman–Crippen MR) is 97.2 cm³/mol. The number of benzene rings is 1. The van der Waals surface area contributed by atoms with E-state index < -0.39 is 0 Å². The molecule has 0 saturated carbocycles. The Balaban J connectivity index is 1.44. The standard InChI is InChI=1S/C19H19N5O3/c25-17-11-14-10-13(2-3-15(14)22-17)18(26)23-6-1-7-24(9-8-23)19(27)16-12-20-4-5-21-16/h2-5,10,12H,1,6-9,11H2,(H,22,25). The molecule has 0 radical (unpaired) electrons. The topological polar surface area (TPSA) is 95.5 Å². The number of nitrogens with one attached hydrogen (secondary N) is 1. The van der Waals surface area contributed by atoms with Crippen molar-refractivity contribution in [1.29, 1.82) is 0 Å². The van der Waals surface area contributed by atoms with Gasteiger partial charge in [-0.1, -0.05) is 0 Å². The molecule has 1 aromatic heterocycles. The van der Waals surface area contributed by atoms with Crippen molar-refractivity contribution in [3.05, 3.63) is 53.6 Å². The quantitative estimate of drug-likeness (QED) is 0.855. The Bertz CT molecular complexity index is 899. The number of carbonyl (C=O) groups excluding carboxylic acids is 3. The van der Waals surface area contributed by atoms with Gasteiger partial charge in [0.15, 0.2) is 0 Å². The molecule has 0 bridgehead atoms. The molecule has 1 aromatic carbocycles. The van der Waals surface area contributed by atoms with E-state index in [0.29, 0.717) is 50.3 Å². The largest absolute Gasteiger partial charge is 0.337 e. The number of aromatic nitrogens is 2. The molecule has 1 N–H and O–H groups in total. The van der Waals surface area contributed by atoms with E-state index >= 15 is 0 Å². The minimum absolute atomic E-state index is 0.0532. The fourth-order valence-electron chi connectivity index (χ4n) is 3.44. The van der Waals surface area contributed by atoms with Crippen molar-refractivity contribution in [3.8, 4) is 0 Å². The van der Waals surface area contributed by atoms with Gasteiger partial charge in [0.2, 0.25) is 5.91 Å². The van der Waals surface area contributed by atoms with Gasteiger partial charge in [-0.05, 0) is 30.2 Å². The third kappa shape index (κ3) is 3.51. The van der Waals surface area contributed by atoms with Gasteiger partial charge in [0, 0.05) is 49.8 Å². The van der Waals surface area contributed by atoms with E-state index in [2.05, 4.69) is 15.3 Å². The molecule has 1 fully saturated rings. The molecule has 0 unspecified atom stereocenters. The molecule has 2 aromatic rings. The van der Waals surface area contributed by atoms with Crippen LogP contribution in [0.3, 0.4) is 0 Å². The Morgan fingerprint density at radius 2 is 1.78 bits per heavy atom. The average molecular weight is 365 g/mol. The Kier molecular flexibility index (Phi) is 4.53. The molecule has 0 spiro atoms. The van der Waals surface area contributed by atoms with Crippen LogP contribution in [-0.2, 0) is 11.2 Å². The molecule has 0 atom stereocenters. The van der Waals surface area contributed by atoms with Crippen LogP contribution < -0.4 is 5.32 Å². The van der Waals surface area contributed by atoms with Crippen molar-refractivity contribution in [3.63, 3.8) is 0 Å². The Labute approximate surface area is 156 Å². The molecule has 3 heterocycles. The summed E-state index contributed by atoms with van der Waals surface area (Å²) < 4.78 is 0. The molecule has 2 aliphatic heterocycles. The predicted octanol–water partition coefficient (Wildman–Crippen LogP) is 0.959. The summed E-state index contributed by atoms with van der Waals surface area (Å²) in [5, 5.41) is 2.77. The second-order valence-electron chi connectivity index (χ2n) is 6.63. The fourth-order valence-corrected chi connectivity index (χ4v) is 3.44. The Hall–Kier alpha value is -3.29. The third-order valence-corrected chi connectivity index (χ3v) is 4.83. The van der Waals surface area contributed by atoms with Crippen molar-refractivity contribution in [2.45, 2.75) is 12.8 Å². The van der Waals surface area contributed by atoms with Crippen molar-refractivity contribution in [2.75, 3.05) is 31.5 Å². The number of nitrogens with zero attached hydrogens (tertiary/aromatic N) is 4. The molecule has 8 nitrogen and oxygen atoms in total. The first kappa shape index (κ1) is 17.1. The maximum Gasteiger partial charge on any atom is 0.274 e. The first-order chi connectivity index (χ1) is 13.1. The van der Waals surface area contributed by atoms with Gasteiger partial charge in [-0.2, -0.15) is 0 Å². The van der Waals surface area contributed by atoms with Crippen LogP contribution in [0.2, 0.25) is 0 Å². The van der Waals surface area contributed by atoms with Gasteiger partial charge in [0.05, 0.1) is 12.6 Å². The number of carbonyl (C=O) groups is 3. The monoisotopic (exact) mass is 365 g/mol. The molecule has 2 aliphatic rings. The summed E-state index contributed by atoms with van der Waals surface area (Å²) in [4.78, 5) is 48.4. The zero-order valence-electron chi connectivity index (χ0n) is 14.7. The van der Waals surface area contributed by atoms with Crippen LogP contribution in [0.25, 0.3) is 0 Å². The summed E-state index contributed by atoms with van der Waals surface area (Å²) in [7, 11) is 0. The fraction of sp³-hybridized carbons (Fsp3) is 0.316. The highest BCUT2D eigenvalue weighted by atomic mass is 16.2. The highest BCUT2D eigenvalue weighted by Gasteiger charge is 2.25. The first-order valence-electron chi connectivity index (χ1n) is 8.89. The van der Waals surface area contributed by atoms with E-state index in [0.717, 1.165) is 11.3 Å². The highest BCUT2D eigenvalue weighted by Crippen LogP contribution is 2.24. The normalized spacial score (nSPS) is 16.5. The molecule has 8 heteroatoms. The summed E-state index contributed by atoms with van der Waals surface area (Å²) in [6.45, 7) is 2.06. The van der Waals surface area contributed by atoms with Crippen LogP contribution in [0, 0.1) is 0 Å². The van der Waals surface area contributed by atoms with Gasteiger partial charge in [-0.15, -0.1) is 0 Å². The number of hydrogen-bond donors (Lipinski definition) is 1. The number of amides is 3. The second kappa shape index (κ2) is 7.14. The van der Waals surface area contributed by atoms with E-state index in [-0.39, 0.29) is 17.7 Å². The molecule has 3 amide bonds. The van der Waals surface area contributed by atoms with Gasteiger partial charge in [-0.3, -0.25) is 19.4 Å². The first-order valence-corrected chi connectivity index (χ1v) is 8.89. The maximum atomic E-state index is 12.9. The van der Waals surface area contributed by atoms with E-state index in [4.69, 9.17) is 0 Å². The minimum Gasteiger partial charge on any atom is -0.337 e. The lowest BCUT2D eigenvalue weighted by atomic mass is 10.1. The van der Waals surface area contributed by atoms with E-state index in [1.54, 1.807) is 28.0 Å². The van der Waals surface area contributed by atoms with Crippen LogP contribution in [0.15, 0.2) is 36.8 Å². The van der Waals surface area contributed by atoms with Crippen LogP contribution in [-0.4, -0.2) is 63.7 Å². The Morgan fingerprint density at radius 3 is 2.52 bits per heavy atom. The van der Waals surface area contributed by atoms with E-state index in [1.165, 1.54) is 18.6 Å². The van der Waals surface area contributed by atoms with Crippen molar-refractivity contribution < 1.29 is 14.4 Å². The molecular formula is C19H19N5O3. The number of anilines is 1. The van der Waals surface area contributed by atoms with Gasteiger partial charge in [-0.25, -0.2) is 4.98 Å². The molecular weight excluding hydrogens is 346 g/mol. The summed E-state index contributed by atoms with van der Waals surface area (Å²) in [5.41, 5.74) is 2.50. The number of rotatable bonds is 2. The molecule has 4 rings (SSSR count). The molecule has 0 aliphatic carbocycles. The van der Waals surface area contributed by atoms with Crippen molar-refractivity contribution in [2.24, 2.45) is 0 Å². The Morgan fingerprint density at radius 1 is 1.00 bits per heavy atom. The maximum absolute atomic E-state index is 12.9. The minimum atomic E-state index is -0.167. The van der Waals surface area contributed by atoms with Crippen molar-refractivity contribution in [1.82, 2.24) is 19.8 Å². The van der Waals surface area contributed by atoms with Crippen molar-refractivity contribution >= 4 is 23.4 Å². The zero-order chi connectivity index (χ0) is 18.8. The highest BCUT2D eigenvalue weighted by molar-refractivity contribution is 6.01. The zero-order valence-corrected chi connectivity index (χ0v) is 14.7. The smallest absolute Gasteiger partial charge is 0.274 e. The van der Waals surface area contributed by atoms with Crippen LogP contribution in [0.5, 0.6) is 0 Å². The number of fused-ring (bicyclic) bond motifs is 1. The SMILES string of the molecule is O=C1Cc2cc(C(=O)N3CCCN(C(=O)c4cnccn4)CC3)ccc2N1. The summed E-state index contributed by atoms with van der Waals surface area (Å²) in [6.07, 6.45) is 5.48. The third-order valence-electron chi connectivity index (χ3n) is 4.83. The molecule has 27 heavy (non-hydrogen) atoms. The van der Waals surface area contributed by atoms with Gasteiger partial charge < -0.3 is 15.1 Å². The van der Waals surface area contributed by atoms with Crippen LogP contribution in [0.1, 0.15) is 32.8 Å². The van der Waals surface area contributed by atoms with Gasteiger partial charge in [0.25, 0.3) is 11.8 Å². The molecule has 138 valence electrons. The summed E-state index contributed by atoms with van der Waals surface area (Å²) in [5.74, 6) is -0.298. The number of hydrogen-bond acceptors (Lipinski definition) is 5. The average Bonchev–Trinajstić information content (AvgIpc) is 2.90. The van der Waals surface area contributed by atoms with E-state index in [1.807, 2.05) is 0 Å². The van der Waals surface area contributed by atoms with Crippen LogP contribution in [0.4, 0.5) is 5.69 Å². The summed E-state index contributed by atoms with van der Waals surface area (Å²) >= 11 is 0. The van der Waals surface area contributed by atoms with Gasteiger partial charge >= 0.3 is 0 Å². The van der Waals surface area contributed by atoms with E-state index in [9.17, 15) is 14.4 Å². The van der Waals surface area contributed by atoms with Gasteiger partial charge in [0.1, 0.15) is 5.69 Å². The molecule has 1 saturated heterocycles. The lowest BCUT2D eigenvalue weighted by molar-refractivity contribution is -0.115.